The topological polar surface area (TPSA) is 143 Å². The lowest BCUT2D eigenvalue weighted by Crippen LogP contribution is -2.57. The highest BCUT2D eigenvalue weighted by molar-refractivity contribution is 7.89. The molecule has 0 aliphatic carbocycles. The summed E-state index contributed by atoms with van der Waals surface area (Å²) in [5, 5.41) is 27.6. The van der Waals surface area contributed by atoms with Gasteiger partial charge in [0.1, 0.15) is 11.8 Å². The molecule has 3 aromatic rings. The molecule has 0 radical (unpaired) electrons. The van der Waals surface area contributed by atoms with Crippen LogP contribution in [0.1, 0.15) is 49.5 Å². The number of nitrogens with one attached hydrogen (secondary N) is 1. The SMILES string of the molecule is Cc1nc(CN2CCN([C@H](C(=O)N[C@@H](Cc3ccccc3)[C@@H](O)CN(CC(C)C)S(=O)(=O)c3cc(C)c(O)c(Cl)c3)C(C)C)C2=O)cs1. The van der Waals surface area contributed by atoms with Gasteiger partial charge in [0.2, 0.25) is 15.9 Å². The summed E-state index contributed by atoms with van der Waals surface area (Å²) in [5.74, 6) is -0.964. The molecule has 1 saturated heterocycles. The summed E-state index contributed by atoms with van der Waals surface area (Å²) in [5.41, 5.74) is 1.94. The van der Waals surface area contributed by atoms with Crippen molar-refractivity contribution in [1.82, 2.24) is 24.4 Å². The molecule has 4 rings (SSSR count). The van der Waals surface area contributed by atoms with Crippen LogP contribution in [0.3, 0.4) is 0 Å². The van der Waals surface area contributed by atoms with Gasteiger partial charge in [0.25, 0.3) is 0 Å². The van der Waals surface area contributed by atoms with Gasteiger partial charge in [0, 0.05) is 31.6 Å². The zero-order valence-electron chi connectivity index (χ0n) is 28.3. The van der Waals surface area contributed by atoms with Gasteiger partial charge in [-0.3, -0.25) is 4.79 Å². The second-order valence-electron chi connectivity index (χ2n) is 13.1. The molecule has 14 heteroatoms. The summed E-state index contributed by atoms with van der Waals surface area (Å²) < 4.78 is 29.0. The number of aromatic nitrogens is 1. The number of nitrogens with zero attached hydrogens (tertiary/aromatic N) is 4. The highest BCUT2D eigenvalue weighted by Gasteiger charge is 2.40. The van der Waals surface area contributed by atoms with E-state index in [4.69, 9.17) is 11.6 Å². The average Bonchev–Trinajstić information content (AvgIpc) is 3.59. The Kier molecular flexibility index (Phi) is 12.5. The van der Waals surface area contributed by atoms with Crippen LogP contribution >= 0.6 is 22.9 Å². The second-order valence-corrected chi connectivity index (χ2v) is 16.5. The first-order valence-electron chi connectivity index (χ1n) is 16.1. The monoisotopic (exact) mass is 719 g/mol. The zero-order chi connectivity index (χ0) is 35.3. The average molecular weight is 720 g/mol. The highest BCUT2D eigenvalue weighted by Crippen LogP contribution is 2.32. The smallest absolute Gasteiger partial charge is 0.321 e. The molecule has 2 aromatic carbocycles. The van der Waals surface area contributed by atoms with E-state index in [0.717, 1.165) is 16.3 Å². The predicted octanol–water partition coefficient (Wildman–Crippen LogP) is 4.82. The van der Waals surface area contributed by atoms with Gasteiger partial charge >= 0.3 is 6.03 Å². The third-order valence-electron chi connectivity index (χ3n) is 8.30. The number of benzene rings is 2. The maximum Gasteiger partial charge on any atom is 0.321 e. The first kappa shape index (κ1) is 37.6. The summed E-state index contributed by atoms with van der Waals surface area (Å²) in [6, 6.07) is 9.89. The third kappa shape index (κ3) is 9.06. The number of thiazole rings is 1. The van der Waals surface area contributed by atoms with Crippen molar-refractivity contribution < 1.29 is 28.2 Å². The van der Waals surface area contributed by atoms with E-state index in [9.17, 15) is 28.2 Å². The van der Waals surface area contributed by atoms with Crippen molar-refractivity contribution in [3.05, 3.63) is 74.7 Å². The minimum absolute atomic E-state index is 0.0915. The molecule has 11 nitrogen and oxygen atoms in total. The Morgan fingerprint density at radius 3 is 2.38 bits per heavy atom. The molecule has 0 bridgehead atoms. The first-order chi connectivity index (χ1) is 22.6. The fourth-order valence-electron chi connectivity index (χ4n) is 5.92. The molecule has 1 aliphatic rings. The number of sulfonamides is 1. The van der Waals surface area contributed by atoms with Gasteiger partial charge in [-0.05, 0) is 55.4 Å². The van der Waals surface area contributed by atoms with Crippen molar-refractivity contribution in [3.8, 4) is 5.75 Å². The lowest BCUT2D eigenvalue weighted by Gasteiger charge is -2.34. The Labute approximate surface area is 292 Å². The van der Waals surface area contributed by atoms with Crippen LogP contribution in [-0.4, -0.2) is 94.0 Å². The molecule has 48 heavy (non-hydrogen) atoms. The van der Waals surface area contributed by atoms with E-state index in [1.165, 1.54) is 27.8 Å². The van der Waals surface area contributed by atoms with Crippen molar-refractivity contribution in [2.45, 2.75) is 77.6 Å². The zero-order valence-corrected chi connectivity index (χ0v) is 30.6. The molecule has 0 spiro atoms. The molecule has 0 unspecified atom stereocenters. The number of aromatic hydroxyl groups is 1. The number of hydrogen-bond donors (Lipinski definition) is 3. The van der Waals surface area contributed by atoms with E-state index >= 15 is 0 Å². The van der Waals surface area contributed by atoms with Gasteiger partial charge in [-0.2, -0.15) is 4.31 Å². The van der Waals surface area contributed by atoms with Gasteiger partial charge in [-0.1, -0.05) is 69.6 Å². The maximum atomic E-state index is 14.1. The normalized spacial score (nSPS) is 15.9. The van der Waals surface area contributed by atoms with Crippen molar-refractivity contribution >= 4 is 44.9 Å². The lowest BCUT2D eigenvalue weighted by molar-refractivity contribution is -0.128. The second kappa shape index (κ2) is 16.0. The van der Waals surface area contributed by atoms with Gasteiger partial charge < -0.3 is 25.3 Å². The predicted molar refractivity (Wildman–Crippen MR) is 188 cm³/mol. The Balaban J connectivity index is 1.59. The van der Waals surface area contributed by atoms with Crippen LogP contribution < -0.4 is 5.32 Å². The van der Waals surface area contributed by atoms with Crippen LogP contribution in [-0.2, 0) is 27.8 Å². The van der Waals surface area contributed by atoms with Crippen molar-refractivity contribution in [2.75, 3.05) is 26.2 Å². The van der Waals surface area contributed by atoms with Crippen LogP contribution in [0.4, 0.5) is 4.79 Å². The van der Waals surface area contributed by atoms with E-state index in [1.807, 2.05) is 70.3 Å². The van der Waals surface area contributed by atoms with Gasteiger partial charge in [-0.25, -0.2) is 18.2 Å². The molecule has 3 amide bonds. The Morgan fingerprint density at radius 1 is 1.10 bits per heavy atom. The molecule has 3 N–H and O–H groups in total. The maximum absolute atomic E-state index is 14.1. The van der Waals surface area contributed by atoms with Crippen molar-refractivity contribution in [1.29, 1.82) is 0 Å². The largest absolute Gasteiger partial charge is 0.506 e. The minimum atomic E-state index is -4.17. The molecular formula is C34H46ClN5O6S2. The molecule has 1 fully saturated rings. The van der Waals surface area contributed by atoms with Crippen molar-refractivity contribution in [2.24, 2.45) is 11.8 Å². The summed E-state index contributed by atoms with van der Waals surface area (Å²) in [6.07, 6.45) is -1.09. The molecule has 2 heterocycles. The number of aliphatic hydroxyl groups excluding tert-OH is 1. The summed E-state index contributed by atoms with van der Waals surface area (Å²) in [6.45, 7) is 11.9. The Morgan fingerprint density at radius 2 is 1.79 bits per heavy atom. The van der Waals surface area contributed by atoms with E-state index in [2.05, 4.69) is 10.3 Å². The van der Waals surface area contributed by atoms with Crippen LogP contribution in [0.2, 0.25) is 5.02 Å². The van der Waals surface area contributed by atoms with Gasteiger partial charge in [0.05, 0.1) is 39.3 Å². The molecule has 1 aromatic heterocycles. The van der Waals surface area contributed by atoms with E-state index in [0.29, 0.717) is 25.2 Å². The Hall–Kier alpha value is -3.23. The quantitative estimate of drug-likeness (QED) is 0.205. The minimum Gasteiger partial charge on any atom is -0.506 e. The number of amides is 3. The number of hydrogen-bond acceptors (Lipinski definition) is 8. The fourth-order valence-corrected chi connectivity index (χ4v) is 8.59. The van der Waals surface area contributed by atoms with Crippen LogP contribution in [0.15, 0.2) is 52.7 Å². The van der Waals surface area contributed by atoms with Gasteiger partial charge in [0.15, 0.2) is 0 Å². The first-order valence-corrected chi connectivity index (χ1v) is 18.8. The van der Waals surface area contributed by atoms with E-state index < -0.39 is 34.1 Å². The van der Waals surface area contributed by atoms with Crippen LogP contribution in [0, 0.1) is 25.7 Å². The van der Waals surface area contributed by atoms with E-state index in [-0.39, 0.29) is 53.0 Å². The fraction of sp³-hybridized carbons (Fsp3) is 0.500. The number of phenols is 1. The number of aliphatic hydroxyl groups is 1. The Bertz CT molecular complexity index is 1660. The number of rotatable bonds is 15. The molecule has 0 saturated carbocycles. The van der Waals surface area contributed by atoms with Gasteiger partial charge in [-0.15, -0.1) is 11.3 Å². The number of phenolic OH excluding ortho intramolecular Hbond substituents is 1. The number of halogens is 1. The standard InChI is InChI=1S/C34H46ClN5O6S2/c1-21(2)17-39(48(45,46)27-14-23(5)32(42)28(35)16-27)19-30(41)29(15-25-10-8-7-9-11-25)37-33(43)31(22(3)4)40-13-12-38(34(40)44)18-26-20-47-24(6)36-26/h7-11,14,16,20-22,29-31,41-42H,12-13,15,17-19H2,1-6H3,(H,37,43)/t29-,30-,31-/m0/s1. The van der Waals surface area contributed by atoms with Crippen LogP contribution in [0.25, 0.3) is 0 Å². The number of urea groups is 1. The lowest BCUT2D eigenvalue weighted by atomic mass is 9.97. The number of carbonyl (C=O) groups excluding carboxylic acids is 2. The molecule has 262 valence electrons. The molecule has 1 aliphatic heterocycles. The summed E-state index contributed by atoms with van der Waals surface area (Å²) >= 11 is 7.66. The van der Waals surface area contributed by atoms with Crippen LogP contribution in [0.5, 0.6) is 5.75 Å². The van der Waals surface area contributed by atoms with E-state index in [1.54, 1.807) is 16.7 Å². The molecule has 3 atom stereocenters. The third-order valence-corrected chi connectivity index (χ3v) is 11.2. The number of carbonyl (C=O) groups is 2. The molecular weight excluding hydrogens is 674 g/mol. The number of aryl methyl sites for hydroxylation is 2. The van der Waals surface area contributed by atoms with Crippen molar-refractivity contribution in [3.63, 3.8) is 0 Å². The summed E-state index contributed by atoms with van der Waals surface area (Å²) in [4.78, 5) is 35.2. The summed E-state index contributed by atoms with van der Waals surface area (Å²) in [7, 11) is -4.17. The highest BCUT2D eigenvalue weighted by atomic mass is 35.5.